The third-order valence-corrected chi connectivity index (χ3v) is 5.46. The lowest BCUT2D eigenvalue weighted by Gasteiger charge is -2.31. The molecule has 162 valence electrons. The van der Waals surface area contributed by atoms with Gasteiger partial charge in [-0.2, -0.15) is 18.2 Å². The molecule has 1 fully saturated rings. The summed E-state index contributed by atoms with van der Waals surface area (Å²) in [7, 11) is 0. The highest BCUT2D eigenvalue weighted by atomic mass is 35.5. The average Bonchev–Trinajstić information content (AvgIpc) is 3.06. The first-order valence-corrected chi connectivity index (χ1v) is 9.50. The number of nitrogens with two attached hydrogens (primary N) is 1. The van der Waals surface area contributed by atoms with Crippen LogP contribution in [-0.4, -0.2) is 38.1 Å². The Labute approximate surface area is 173 Å². The Morgan fingerprint density at radius 2 is 1.93 bits per heavy atom. The molecule has 2 unspecified atom stereocenters. The molecule has 3 N–H and O–H groups in total. The summed E-state index contributed by atoms with van der Waals surface area (Å²) in [6, 6.07) is 0.0960. The molecule has 7 nitrogen and oxygen atoms in total. The Kier molecular flexibility index (Phi) is 7.45. The fourth-order valence-electron chi connectivity index (χ4n) is 3.89. The van der Waals surface area contributed by atoms with E-state index in [2.05, 4.69) is 20.4 Å². The van der Waals surface area contributed by atoms with Gasteiger partial charge in [0.2, 0.25) is 5.91 Å². The molecule has 29 heavy (non-hydrogen) atoms. The molecule has 2 aromatic rings. The van der Waals surface area contributed by atoms with Crippen molar-refractivity contribution in [2.24, 2.45) is 11.7 Å². The first kappa shape index (κ1) is 23.3. The standard InChI is InChI=1S/C18H25F3N6O.ClH/c1-10-13(7-8-15(28)24-14-6-4-3-5-12(14)9-22)11(2)27-17(23-10)25-16(26-27)18(19,20)21;/h12,14H,3-9,22H2,1-2H3,(H,24,28);1H. The summed E-state index contributed by atoms with van der Waals surface area (Å²) in [5.74, 6) is -1.10. The summed E-state index contributed by atoms with van der Waals surface area (Å²) < 4.78 is 39.7. The van der Waals surface area contributed by atoms with E-state index in [1.54, 1.807) is 13.8 Å². The Morgan fingerprint density at radius 1 is 1.24 bits per heavy atom. The highest BCUT2D eigenvalue weighted by Gasteiger charge is 2.37. The maximum Gasteiger partial charge on any atom is 0.453 e. The zero-order valence-electron chi connectivity index (χ0n) is 16.4. The minimum absolute atomic E-state index is 0. The summed E-state index contributed by atoms with van der Waals surface area (Å²) in [6.45, 7) is 3.92. The zero-order valence-corrected chi connectivity index (χ0v) is 17.2. The molecule has 0 aromatic carbocycles. The molecule has 2 heterocycles. The number of hydrogen-bond donors (Lipinski definition) is 2. The minimum atomic E-state index is -4.63. The van der Waals surface area contributed by atoms with E-state index in [1.807, 2.05) is 0 Å². The van der Waals surface area contributed by atoms with E-state index in [0.717, 1.165) is 30.2 Å². The van der Waals surface area contributed by atoms with Crippen LogP contribution in [0.15, 0.2) is 0 Å². The smallest absolute Gasteiger partial charge is 0.353 e. The minimum Gasteiger partial charge on any atom is -0.353 e. The number of halogens is 4. The molecule has 0 saturated heterocycles. The number of aromatic nitrogens is 4. The number of rotatable bonds is 5. The van der Waals surface area contributed by atoms with Gasteiger partial charge in [-0.25, -0.2) is 9.50 Å². The molecule has 0 spiro atoms. The van der Waals surface area contributed by atoms with Gasteiger partial charge in [-0.05, 0) is 51.1 Å². The van der Waals surface area contributed by atoms with Gasteiger partial charge in [0.1, 0.15) is 0 Å². The number of alkyl halides is 3. The first-order valence-electron chi connectivity index (χ1n) is 9.50. The molecule has 2 aromatic heterocycles. The normalized spacial score (nSPS) is 19.8. The zero-order chi connectivity index (χ0) is 20.5. The Hall–Kier alpha value is -1.94. The van der Waals surface area contributed by atoms with Gasteiger partial charge in [0.25, 0.3) is 11.6 Å². The second-order valence-corrected chi connectivity index (χ2v) is 7.36. The van der Waals surface area contributed by atoms with Gasteiger partial charge in [0, 0.05) is 23.9 Å². The molecule has 0 aliphatic heterocycles. The van der Waals surface area contributed by atoms with Gasteiger partial charge in [0.05, 0.1) is 0 Å². The van der Waals surface area contributed by atoms with E-state index in [-0.39, 0.29) is 36.6 Å². The Bertz CT molecular complexity index is 869. The van der Waals surface area contributed by atoms with Gasteiger partial charge >= 0.3 is 6.18 Å². The van der Waals surface area contributed by atoms with Crippen molar-refractivity contribution in [1.29, 1.82) is 0 Å². The van der Waals surface area contributed by atoms with Crippen LogP contribution in [0.5, 0.6) is 0 Å². The number of aryl methyl sites for hydroxylation is 2. The monoisotopic (exact) mass is 434 g/mol. The average molecular weight is 435 g/mol. The fourth-order valence-corrected chi connectivity index (χ4v) is 3.89. The second-order valence-electron chi connectivity index (χ2n) is 7.36. The summed E-state index contributed by atoms with van der Waals surface area (Å²) in [5, 5.41) is 6.60. The lowest BCUT2D eigenvalue weighted by molar-refractivity contribution is -0.144. The molecule has 0 bridgehead atoms. The lowest BCUT2D eigenvalue weighted by atomic mass is 9.84. The van der Waals surface area contributed by atoms with Crippen LogP contribution < -0.4 is 11.1 Å². The maximum atomic E-state index is 12.9. The number of carbonyl (C=O) groups excluding carboxylic acids is 1. The molecule has 11 heteroatoms. The van der Waals surface area contributed by atoms with Crippen molar-refractivity contribution in [3.05, 3.63) is 22.8 Å². The van der Waals surface area contributed by atoms with E-state index in [1.165, 1.54) is 0 Å². The molecule has 1 amide bonds. The van der Waals surface area contributed by atoms with E-state index >= 15 is 0 Å². The van der Waals surface area contributed by atoms with E-state index in [9.17, 15) is 18.0 Å². The maximum absolute atomic E-state index is 12.9. The van der Waals surface area contributed by atoms with Crippen molar-refractivity contribution in [2.45, 2.75) is 64.6 Å². The highest BCUT2D eigenvalue weighted by molar-refractivity contribution is 5.85. The Morgan fingerprint density at radius 3 is 2.59 bits per heavy atom. The Balaban J connectivity index is 0.00000300. The summed E-state index contributed by atoms with van der Waals surface area (Å²) in [4.78, 5) is 20.0. The predicted molar refractivity (Wildman–Crippen MR) is 104 cm³/mol. The van der Waals surface area contributed by atoms with Crippen LogP contribution in [0.3, 0.4) is 0 Å². The second kappa shape index (κ2) is 9.25. The van der Waals surface area contributed by atoms with Crippen LogP contribution in [0.25, 0.3) is 5.78 Å². The van der Waals surface area contributed by atoms with Crippen LogP contribution in [0.1, 0.15) is 54.9 Å². The quantitative estimate of drug-likeness (QED) is 0.754. The van der Waals surface area contributed by atoms with Crippen LogP contribution in [0.2, 0.25) is 0 Å². The van der Waals surface area contributed by atoms with Crippen LogP contribution in [-0.2, 0) is 17.4 Å². The van der Waals surface area contributed by atoms with E-state index < -0.39 is 12.0 Å². The van der Waals surface area contributed by atoms with Gasteiger partial charge in [-0.15, -0.1) is 17.5 Å². The van der Waals surface area contributed by atoms with E-state index in [0.29, 0.717) is 35.8 Å². The van der Waals surface area contributed by atoms with Crippen molar-refractivity contribution < 1.29 is 18.0 Å². The number of nitrogens with zero attached hydrogens (tertiary/aromatic N) is 4. The highest BCUT2D eigenvalue weighted by Crippen LogP contribution is 2.27. The van der Waals surface area contributed by atoms with Crippen molar-refractivity contribution in [3.8, 4) is 0 Å². The molecule has 2 atom stereocenters. The van der Waals surface area contributed by atoms with E-state index in [4.69, 9.17) is 5.73 Å². The van der Waals surface area contributed by atoms with Gasteiger partial charge in [0.15, 0.2) is 0 Å². The van der Waals surface area contributed by atoms with Crippen LogP contribution in [0, 0.1) is 19.8 Å². The van der Waals surface area contributed by atoms with Gasteiger partial charge in [-0.3, -0.25) is 4.79 Å². The fraction of sp³-hybridized carbons (Fsp3) is 0.667. The molecular formula is C18H26ClF3N6O. The molecular weight excluding hydrogens is 409 g/mol. The summed E-state index contributed by atoms with van der Waals surface area (Å²) in [6.07, 6.45) is 0.126. The predicted octanol–water partition coefficient (Wildman–Crippen LogP) is 2.75. The summed E-state index contributed by atoms with van der Waals surface area (Å²) in [5.41, 5.74) is 7.58. The van der Waals surface area contributed by atoms with Crippen LogP contribution >= 0.6 is 12.4 Å². The number of carbonyl (C=O) groups is 1. The number of amides is 1. The molecule has 1 saturated carbocycles. The summed E-state index contributed by atoms with van der Waals surface area (Å²) >= 11 is 0. The molecule has 0 radical (unpaired) electrons. The topological polar surface area (TPSA) is 98.2 Å². The number of nitrogens with one attached hydrogen (secondary N) is 1. The number of fused-ring (bicyclic) bond motifs is 1. The first-order chi connectivity index (χ1) is 13.2. The van der Waals surface area contributed by atoms with Crippen molar-refractivity contribution in [3.63, 3.8) is 0 Å². The molecule has 1 aliphatic carbocycles. The largest absolute Gasteiger partial charge is 0.453 e. The molecule has 1 aliphatic rings. The lowest BCUT2D eigenvalue weighted by Crippen LogP contribution is -2.44. The van der Waals surface area contributed by atoms with Gasteiger partial charge in [-0.1, -0.05) is 12.8 Å². The molecule has 3 rings (SSSR count). The third kappa shape index (κ3) is 5.16. The SMILES string of the molecule is Cc1nc2nc(C(F)(F)F)nn2c(C)c1CCC(=O)NC1CCCCC1CN.Cl. The number of hydrogen-bond acceptors (Lipinski definition) is 5. The van der Waals surface area contributed by atoms with Crippen molar-refractivity contribution in [2.75, 3.05) is 6.54 Å². The van der Waals surface area contributed by atoms with Crippen molar-refractivity contribution in [1.82, 2.24) is 24.9 Å². The van der Waals surface area contributed by atoms with Crippen LogP contribution in [0.4, 0.5) is 13.2 Å². The van der Waals surface area contributed by atoms with Crippen molar-refractivity contribution >= 4 is 24.1 Å². The third-order valence-electron chi connectivity index (χ3n) is 5.46. The van der Waals surface area contributed by atoms with Gasteiger partial charge < -0.3 is 11.1 Å².